The van der Waals surface area contributed by atoms with Gasteiger partial charge in [-0.3, -0.25) is 9.59 Å². The average molecular weight is 442 g/mol. The largest absolute Gasteiger partial charge is 0.454 e. The number of nitrogens with one attached hydrogen (secondary N) is 2. The maximum absolute atomic E-state index is 13.4. The number of carbonyl (C=O) groups is 2. The number of benzene rings is 3. The Bertz CT molecular complexity index is 1290. The molecule has 2 heterocycles. The monoisotopic (exact) mass is 442 g/mol. The standard InChI is InChI=1S/C25H18N2O4S/c28-23(17-9-5-2-6-10-17)27-25-22(19(14-32-25)16-7-3-1-4-8-16)24(29)26-18-11-12-20-21(13-18)31-15-30-20/h1-14H,15H2,(H,26,29)(H,27,28). The first kappa shape index (κ1) is 19.8. The van der Waals surface area contributed by atoms with E-state index in [1.807, 2.05) is 41.8 Å². The smallest absolute Gasteiger partial charge is 0.259 e. The summed E-state index contributed by atoms with van der Waals surface area (Å²) in [5.74, 6) is 0.616. The molecular weight excluding hydrogens is 424 g/mol. The number of hydrogen-bond acceptors (Lipinski definition) is 5. The predicted octanol–water partition coefficient (Wildman–Crippen LogP) is 5.65. The second kappa shape index (κ2) is 8.56. The quantitative estimate of drug-likeness (QED) is 0.419. The third-order valence-corrected chi connectivity index (χ3v) is 5.89. The lowest BCUT2D eigenvalue weighted by Crippen LogP contribution is -2.17. The normalized spacial score (nSPS) is 11.8. The van der Waals surface area contributed by atoms with E-state index >= 15 is 0 Å². The Labute approximate surface area is 188 Å². The van der Waals surface area contributed by atoms with E-state index in [4.69, 9.17) is 9.47 Å². The van der Waals surface area contributed by atoms with Gasteiger partial charge in [0.2, 0.25) is 6.79 Å². The molecule has 0 unspecified atom stereocenters. The Kier molecular flexibility index (Phi) is 5.31. The van der Waals surface area contributed by atoms with Gasteiger partial charge < -0.3 is 20.1 Å². The molecule has 0 fully saturated rings. The molecule has 1 aliphatic rings. The maximum atomic E-state index is 13.4. The molecule has 0 saturated heterocycles. The molecular formula is C25H18N2O4S. The highest BCUT2D eigenvalue weighted by Gasteiger charge is 2.23. The highest BCUT2D eigenvalue weighted by atomic mass is 32.1. The fourth-order valence-corrected chi connectivity index (χ4v) is 4.40. The van der Waals surface area contributed by atoms with Gasteiger partial charge in [-0.15, -0.1) is 11.3 Å². The number of anilines is 2. The SMILES string of the molecule is O=C(Nc1scc(-c2ccccc2)c1C(=O)Nc1ccc2c(c1)OCO2)c1ccccc1. The van der Waals surface area contributed by atoms with Gasteiger partial charge >= 0.3 is 0 Å². The summed E-state index contributed by atoms with van der Waals surface area (Å²) in [5, 5.41) is 8.18. The minimum absolute atomic E-state index is 0.158. The number of thiophene rings is 1. The van der Waals surface area contributed by atoms with E-state index in [9.17, 15) is 9.59 Å². The van der Waals surface area contributed by atoms with Gasteiger partial charge in [-0.1, -0.05) is 48.5 Å². The minimum Gasteiger partial charge on any atom is -0.454 e. The molecule has 0 radical (unpaired) electrons. The number of amides is 2. The molecule has 3 aromatic carbocycles. The van der Waals surface area contributed by atoms with Gasteiger partial charge in [0.25, 0.3) is 11.8 Å². The van der Waals surface area contributed by atoms with Gasteiger partial charge in [0.1, 0.15) is 5.00 Å². The summed E-state index contributed by atoms with van der Waals surface area (Å²) in [5.41, 5.74) is 3.13. The lowest BCUT2D eigenvalue weighted by Gasteiger charge is -2.11. The van der Waals surface area contributed by atoms with Crippen molar-refractivity contribution >= 4 is 33.8 Å². The molecule has 0 spiro atoms. The number of hydrogen-bond donors (Lipinski definition) is 2. The second-order valence-corrected chi connectivity index (χ2v) is 7.94. The summed E-state index contributed by atoms with van der Waals surface area (Å²) in [6.07, 6.45) is 0. The molecule has 1 aliphatic heterocycles. The van der Waals surface area contributed by atoms with Crippen LogP contribution in [0.15, 0.2) is 84.2 Å². The molecule has 158 valence electrons. The van der Waals surface area contributed by atoms with Crippen LogP contribution < -0.4 is 20.1 Å². The third-order valence-electron chi connectivity index (χ3n) is 5.00. The van der Waals surface area contributed by atoms with Gasteiger partial charge in [0.05, 0.1) is 5.56 Å². The van der Waals surface area contributed by atoms with E-state index in [1.54, 1.807) is 42.5 Å². The molecule has 7 heteroatoms. The van der Waals surface area contributed by atoms with Crippen LogP contribution in [0.3, 0.4) is 0 Å². The van der Waals surface area contributed by atoms with Crippen LogP contribution in [0, 0.1) is 0 Å². The van der Waals surface area contributed by atoms with Crippen LogP contribution in [0.5, 0.6) is 11.5 Å². The fraction of sp³-hybridized carbons (Fsp3) is 0.0400. The van der Waals surface area contributed by atoms with Crippen molar-refractivity contribution in [1.29, 1.82) is 0 Å². The fourth-order valence-electron chi connectivity index (χ4n) is 3.44. The van der Waals surface area contributed by atoms with Crippen molar-refractivity contribution in [2.45, 2.75) is 0 Å². The molecule has 2 N–H and O–H groups in total. The highest BCUT2D eigenvalue weighted by molar-refractivity contribution is 7.15. The van der Waals surface area contributed by atoms with Crippen LogP contribution >= 0.6 is 11.3 Å². The van der Waals surface area contributed by atoms with Gasteiger partial charge in [-0.05, 0) is 29.8 Å². The van der Waals surface area contributed by atoms with E-state index < -0.39 is 0 Å². The lowest BCUT2D eigenvalue weighted by atomic mass is 10.0. The number of fused-ring (bicyclic) bond motifs is 1. The Hall–Kier alpha value is -4.10. The van der Waals surface area contributed by atoms with E-state index in [2.05, 4.69) is 10.6 Å². The summed E-state index contributed by atoms with van der Waals surface area (Å²) >= 11 is 1.32. The average Bonchev–Trinajstić information content (AvgIpc) is 3.47. The van der Waals surface area contributed by atoms with E-state index in [0.717, 1.165) is 11.1 Å². The Morgan fingerprint density at radius 1 is 0.781 bits per heavy atom. The van der Waals surface area contributed by atoms with Crippen LogP contribution in [0.2, 0.25) is 0 Å². The van der Waals surface area contributed by atoms with Crippen molar-refractivity contribution in [2.75, 3.05) is 17.4 Å². The maximum Gasteiger partial charge on any atom is 0.259 e. The van der Waals surface area contributed by atoms with Gasteiger partial charge in [0.15, 0.2) is 11.5 Å². The summed E-state index contributed by atoms with van der Waals surface area (Å²) in [6, 6.07) is 23.7. The zero-order chi connectivity index (χ0) is 21.9. The molecule has 6 nitrogen and oxygen atoms in total. The molecule has 32 heavy (non-hydrogen) atoms. The van der Waals surface area contributed by atoms with Crippen molar-refractivity contribution in [3.05, 3.63) is 95.4 Å². The summed E-state index contributed by atoms with van der Waals surface area (Å²) in [7, 11) is 0. The minimum atomic E-state index is -0.327. The number of ether oxygens (including phenoxy) is 2. The van der Waals surface area contributed by atoms with Crippen LogP contribution in [-0.2, 0) is 0 Å². The first-order chi connectivity index (χ1) is 15.7. The van der Waals surface area contributed by atoms with Crippen molar-refractivity contribution in [1.82, 2.24) is 0 Å². The van der Waals surface area contributed by atoms with E-state index in [0.29, 0.717) is 33.3 Å². The first-order valence-electron chi connectivity index (χ1n) is 9.93. The van der Waals surface area contributed by atoms with Crippen LogP contribution in [-0.4, -0.2) is 18.6 Å². The Balaban J connectivity index is 1.49. The molecule has 1 aromatic heterocycles. The molecule has 0 atom stereocenters. The number of rotatable bonds is 5. The molecule has 0 saturated carbocycles. The molecule has 5 rings (SSSR count). The summed E-state index contributed by atoms with van der Waals surface area (Å²) < 4.78 is 10.7. The Morgan fingerprint density at radius 2 is 1.50 bits per heavy atom. The lowest BCUT2D eigenvalue weighted by molar-refractivity contribution is 0.102. The van der Waals surface area contributed by atoms with Crippen LogP contribution in [0.1, 0.15) is 20.7 Å². The van der Waals surface area contributed by atoms with E-state index in [-0.39, 0.29) is 18.6 Å². The summed E-state index contributed by atoms with van der Waals surface area (Å²) in [4.78, 5) is 26.1. The van der Waals surface area contributed by atoms with Crippen LogP contribution in [0.25, 0.3) is 11.1 Å². The first-order valence-corrected chi connectivity index (χ1v) is 10.8. The van der Waals surface area contributed by atoms with Crippen molar-refractivity contribution < 1.29 is 19.1 Å². The zero-order valence-electron chi connectivity index (χ0n) is 16.8. The topological polar surface area (TPSA) is 76.7 Å². The van der Waals surface area contributed by atoms with Crippen LogP contribution in [0.4, 0.5) is 10.7 Å². The van der Waals surface area contributed by atoms with E-state index in [1.165, 1.54) is 11.3 Å². The second-order valence-electron chi connectivity index (χ2n) is 7.06. The van der Waals surface area contributed by atoms with Crippen molar-refractivity contribution in [2.24, 2.45) is 0 Å². The third kappa shape index (κ3) is 3.93. The molecule has 2 amide bonds. The van der Waals surface area contributed by atoms with Gasteiger partial charge in [-0.2, -0.15) is 0 Å². The molecule has 0 aliphatic carbocycles. The predicted molar refractivity (Wildman–Crippen MR) is 125 cm³/mol. The number of carbonyl (C=O) groups excluding carboxylic acids is 2. The van der Waals surface area contributed by atoms with Gasteiger partial charge in [-0.25, -0.2) is 0 Å². The van der Waals surface area contributed by atoms with Gasteiger partial charge in [0, 0.05) is 28.3 Å². The highest BCUT2D eigenvalue weighted by Crippen LogP contribution is 2.38. The summed E-state index contributed by atoms with van der Waals surface area (Å²) in [6.45, 7) is 0.158. The Morgan fingerprint density at radius 3 is 2.28 bits per heavy atom. The molecule has 4 aromatic rings. The zero-order valence-corrected chi connectivity index (χ0v) is 17.6. The van der Waals surface area contributed by atoms with Crippen molar-refractivity contribution in [3.63, 3.8) is 0 Å². The van der Waals surface area contributed by atoms with Crippen molar-refractivity contribution in [3.8, 4) is 22.6 Å². The molecule has 0 bridgehead atoms.